The standard InChI is InChI=1S/C23H26N2O2/c1-3-4-5-6-15-27-22-13-9-19(10-14-22)16-20(17-24)23(26)25-21-11-7-18(2)8-12-21/h7-14,16H,3-6,15H2,1-2H3,(H,25,26)/b20-16+. The number of anilines is 1. The molecule has 140 valence electrons. The van der Waals surface area contributed by atoms with E-state index >= 15 is 0 Å². The Bertz CT molecular complexity index is 800. The van der Waals surface area contributed by atoms with Gasteiger partial charge in [0.05, 0.1) is 6.61 Å². The van der Waals surface area contributed by atoms with Gasteiger partial charge in [0, 0.05) is 5.69 Å². The van der Waals surface area contributed by atoms with Crippen molar-refractivity contribution in [2.45, 2.75) is 39.5 Å². The molecule has 0 aliphatic heterocycles. The maximum Gasteiger partial charge on any atom is 0.266 e. The van der Waals surface area contributed by atoms with Crippen molar-refractivity contribution in [1.29, 1.82) is 5.26 Å². The lowest BCUT2D eigenvalue weighted by Gasteiger charge is -2.07. The van der Waals surface area contributed by atoms with Gasteiger partial charge in [-0.15, -0.1) is 0 Å². The van der Waals surface area contributed by atoms with E-state index in [1.54, 1.807) is 6.08 Å². The van der Waals surface area contributed by atoms with Crippen molar-refractivity contribution < 1.29 is 9.53 Å². The van der Waals surface area contributed by atoms with Crippen molar-refractivity contribution in [3.8, 4) is 11.8 Å². The number of carbonyl (C=O) groups excluding carboxylic acids is 1. The van der Waals surface area contributed by atoms with Gasteiger partial charge in [0.2, 0.25) is 0 Å². The number of nitrogens with zero attached hydrogens (tertiary/aromatic N) is 1. The van der Waals surface area contributed by atoms with Crippen molar-refractivity contribution in [3.63, 3.8) is 0 Å². The summed E-state index contributed by atoms with van der Waals surface area (Å²) in [5.74, 6) is 0.379. The van der Waals surface area contributed by atoms with Crippen molar-refractivity contribution in [1.82, 2.24) is 0 Å². The fourth-order valence-electron chi connectivity index (χ4n) is 2.53. The molecule has 1 N–H and O–H groups in total. The molecule has 0 aliphatic rings. The van der Waals surface area contributed by atoms with Crippen LogP contribution in [0, 0.1) is 18.3 Å². The molecule has 2 aromatic carbocycles. The Morgan fingerprint density at radius 1 is 1.07 bits per heavy atom. The van der Waals surface area contributed by atoms with E-state index in [4.69, 9.17) is 4.74 Å². The Hall–Kier alpha value is -3.06. The second kappa shape index (κ2) is 10.8. The first-order valence-corrected chi connectivity index (χ1v) is 9.35. The second-order valence-electron chi connectivity index (χ2n) is 6.47. The summed E-state index contributed by atoms with van der Waals surface area (Å²) < 4.78 is 5.71. The molecule has 0 heterocycles. The van der Waals surface area contributed by atoms with Crippen molar-refractivity contribution in [2.75, 3.05) is 11.9 Å². The zero-order valence-electron chi connectivity index (χ0n) is 16.0. The quantitative estimate of drug-likeness (QED) is 0.364. The summed E-state index contributed by atoms with van der Waals surface area (Å²) in [6.45, 7) is 4.87. The molecular formula is C23H26N2O2. The Kier molecular flexibility index (Phi) is 8.12. The molecule has 0 atom stereocenters. The first-order valence-electron chi connectivity index (χ1n) is 9.35. The molecule has 2 rings (SSSR count). The van der Waals surface area contributed by atoms with Crippen molar-refractivity contribution >= 4 is 17.7 Å². The predicted octanol–water partition coefficient (Wildman–Crippen LogP) is 5.50. The van der Waals surface area contributed by atoms with Gasteiger partial charge in [0.1, 0.15) is 17.4 Å². The molecule has 0 unspecified atom stereocenters. The molecule has 4 heteroatoms. The summed E-state index contributed by atoms with van der Waals surface area (Å²) in [6.07, 6.45) is 6.25. The Labute approximate surface area is 161 Å². The summed E-state index contributed by atoms with van der Waals surface area (Å²) in [6, 6.07) is 16.8. The van der Waals surface area contributed by atoms with E-state index < -0.39 is 5.91 Å². The minimum absolute atomic E-state index is 0.0591. The summed E-state index contributed by atoms with van der Waals surface area (Å²) >= 11 is 0. The third kappa shape index (κ3) is 6.99. The largest absolute Gasteiger partial charge is 0.494 e. The number of hydrogen-bond donors (Lipinski definition) is 1. The van der Waals surface area contributed by atoms with Crippen LogP contribution in [0.1, 0.15) is 43.7 Å². The number of aryl methyl sites for hydroxylation is 1. The first kappa shape index (κ1) is 20.3. The van der Waals surface area contributed by atoms with E-state index in [0.29, 0.717) is 12.3 Å². The van der Waals surface area contributed by atoms with Crippen LogP contribution in [0.3, 0.4) is 0 Å². The average molecular weight is 362 g/mol. The molecule has 2 aromatic rings. The van der Waals surface area contributed by atoms with Gasteiger partial charge in [0.25, 0.3) is 5.91 Å². The van der Waals surface area contributed by atoms with Crippen LogP contribution < -0.4 is 10.1 Å². The molecule has 0 radical (unpaired) electrons. The maximum atomic E-state index is 12.3. The molecule has 0 spiro atoms. The lowest BCUT2D eigenvalue weighted by molar-refractivity contribution is -0.112. The summed E-state index contributed by atoms with van der Waals surface area (Å²) in [5, 5.41) is 12.1. The molecule has 0 aromatic heterocycles. The zero-order chi connectivity index (χ0) is 19.5. The van der Waals surface area contributed by atoms with Crippen LogP contribution in [-0.4, -0.2) is 12.5 Å². The Morgan fingerprint density at radius 2 is 1.78 bits per heavy atom. The Morgan fingerprint density at radius 3 is 2.41 bits per heavy atom. The number of hydrogen-bond acceptors (Lipinski definition) is 3. The van der Waals surface area contributed by atoms with Crippen LogP contribution in [0.15, 0.2) is 54.1 Å². The van der Waals surface area contributed by atoms with E-state index in [1.807, 2.05) is 61.5 Å². The molecule has 4 nitrogen and oxygen atoms in total. The van der Waals surface area contributed by atoms with Crippen LogP contribution in [0.2, 0.25) is 0 Å². The number of amides is 1. The second-order valence-corrected chi connectivity index (χ2v) is 6.47. The van der Waals surface area contributed by atoms with Gasteiger partial charge in [-0.3, -0.25) is 4.79 Å². The van der Waals surface area contributed by atoms with Crippen LogP contribution in [0.5, 0.6) is 5.75 Å². The highest BCUT2D eigenvalue weighted by Gasteiger charge is 2.09. The molecule has 0 fully saturated rings. The summed E-state index contributed by atoms with van der Waals surface area (Å²) in [7, 11) is 0. The maximum absolute atomic E-state index is 12.3. The highest BCUT2D eigenvalue weighted by atomic mass is 16.5. The molecule has 0 saturated carbocycles. The third-order valence-corrected chi connectivity index (χ3v) is 4.13. The van der Waals surface area contributed by atoms with Gasteiger partial charge in [0.15, 0.2) is 0 Å². The van der Waals surface area contributed by atoms with Gasteiger partial charge in [-0.1, -0.05) is 56.0 Å². The molecule has 0 saturated heterocycles. The fraction of sp³-hybridized carbons (Fsp3) is 0.304. The lowest BCUT2D eigenvalue weighted by atomic mass is 10.1. The number of carbonyl (C=O) groups is 1. The van der Waals surface area contributed by atoms with E-state index in [-0.39, 0.29) is 5.57 Å². The number of benzene rings is 2. The minimum atomic E-state index is -0.419. The number of nitrogens with one attached hydrogen (secondary N) is 1. The molecule has 1 amide bonds. The van der Waals surface area contributed by atoms with Gasteiger partial charge >= 0.3 is 0 Å². The molecule has 27 heavy (non-hydrogen) atoms. The molecule has 0 bridgehead atoms. The van der Waals surface area contributed by atoms with E-state index in [1.165, 1.54) is 19.3 Å². The van der Waals surface area contributed by atoms with E-state index in [9.17, 15) is 10.1 Å². The first-order chi connectivity index (χ1) is 13.1. The Balaban J connectivity index is 1.95. The topological polar surface area (TPSA) is 62.1 Å². The minimum Gasteiger partial charge on any atom is -0.494 e. The fourth-order valence-corrected chi connectivity index (χ4v) is 2.53. The van der Waals surface area contributed by atoms with Gasteiger partial charge in [-0.05, 0) is 49.2 Å². The lowest BCUT2D eigenvalue weighted by Crippen LogP contribution is -2.13. The SMILES string of the molecule is CCCCCCOc1ccc(/C=C(\C#N)C(=O)Nc2ccc(C)cc2)cc1. The molecule has 0 aliphatic carbocycles. The highest BCUT2D eigenvalue weighted by Crippen LogP contribution is 2.16. The van der Waals surface area contributed by atoms with Crippen molar-refractivity contribution in [2.24, 2.45) is 0 Å². The van der Waals surface area contributed by atoms with Crippen LogP contribution in [0.25, 0.3) is 6.08 Å². The third-order valence-electron chi connectivity index (χ3n) is 4.13. The van der Waals surface area contributed by atoms with Crippen LogP contribution >= 0.6 is 0 Å². The number of rotatable bonds is 9. The van der Waals surface area contributed by atoms with Gasteiger partial charge < -0.3 is 10.1 Å². The van der Waals surface area contributed by atoms with Gasteiger partial charge in [-0.2, -0.15) is 5.26 Å². The van der Waals surface area contributed by atoms with E-state index in [2.05, 4.69) is 12.2 Å². The zero-order valence-corrected chi connectivity index (χ0v) is 16.0. The molecular weight excluding hydrogens is 336 g/mol. The van der Waals surface area contributed by atoms with Crippen molar-refractivity contribution in [3.05, 3.63) is 65.2 Å². The number of ether oxygens (including phenoxy) is 1. The average Bonchev–Trinajstić information content (AvgIpc) is 2.68. The summed E-state index contributed by atoms with van der Waals surface area (Å²) in [5.41, 5.74) is 2.61. The normalized spacial score (nSPS) is 10.9. The van der Waals surface area contributed by atoms with Gasteiger partial charge in [-0.25, -0.2) is 0 Å². The monoisotopic (exact) mass is 362 g/mol. The number of unbranched alkanes of at least 4 members (excludes halogenated alkanes) is 3. The van der Waals surface area contributed by atoms with Crippen LogP contribution in [0.4, 0.5) is 5.69 Å². The van der Waals surface area contributed by atoms with E-state index in [0.717, 1.165) is 23.3 Å². The predicted molar refractivity (Wildman–Crippen MR) is 109 cm³/mol. The number of nitriles is 1. The highest BCUT2D eigenvalue weighted by molar-refractivity contribution is 6.09. The van der Waals surface area contributed by atoms with Crippen LogP contribution in [-0.2, 0) is 4.79 Å². The smallest absolute Gasteiger partial charge is 0.266 e. The summed E-state index contributed by atoms with van der Waals surface area (Å²) in [4.78, 5) is 12.3.